The molecule has 0 aromatic heterocycles. The molecule has 0 unspecified atom stereocenters. The van der Waals surface area contributed by atoms with Crippen LogP contribution in [0.1, 0.15) is 30.4 Å². The van der Waals surface area contributed by atoms with Gasteiger partial charge in [-0.3, -0.25) is 0 Å². The highest BCUT2D eigenvalue weighted by Gasteiger charge is 2.14. The molecule has 0 radical (unpaired) electrons. The van der Waals surface area contributed by atoms with Crippen molar-refractivity contribution in [2.75, 3.05) is 23.3 Å². The first-order valence-electron chi connectivity index (χ1n) is 10.5. The number of piperidine rings is 1. The second-order valence-electron chi connectivity index (χ2n) is 7.70. The minimum atomic E-state index is 0.394. The van der Waals surface area contributed by atoms with Crippen molar-refractivity contribution in [3.63, 3.8) is 0 Å². The number of benzene rings is 3. The van der Waals surface area contributed by atoms with E-state index in [0.717, 1.165) is 46.4 Å². The van der Waals surface area contributed by atoms with Crippen molar-refractivity contribution >= 4 is 46.2 Å². The Morgan fingerprint density at radius 3 is 2.39 bits per heavy atom. The van der Waals surface area contributed by atoms with E-state index in [1.54, 1.807) is 0 Å². The minimum absolute atomic E-state index is 0.394. The highest BCUT2D eigenvalue weighted by molar-refractivity contribution is 6.33. The molecule has 0 spiro atoms. The molecule has 1 aliphatic rings. The molecule has 0 aliphatic carbocycles. The molecular weight excluding hydrogens is 451 g/mol. The third kappa shape index (κ3) is 5.79. The van der Waals surface area contributed by atoms with Crippen LogP contribution in [0.15, 0.2) is 60.7 Å². The van der Waals surface area contributed by atoms with Crippen LogP contribution in [-0.2, 0) is 13.2 Å². The van der Waals surface area contributed by atoms with E-state index < -0.39 is 0 Å². The van der Waals surface area contributed by atoms with E-state index >= 15 is 0 Å². The van der Waals surface area contributed by atoms with E-state index in [1.807, 2.05) is 48.5 Å². The topological polar surface area (TPSA) is 24.5 Å². The molecule has 3 aromatic rings. The fourth-order valence-electron chi connectivity index (χ4n) is 3.80. The highest BCUT2D eigenvalue weighted by atomic mass is 35.5. The summed E-state index contributed by atoms with van der Waals surface area (Å²) >= 11 is 19.1. The van der Waals surface area contributed by atoms with Crippen LogP contribution < -0.4 is 15.0 Å². The van der Waals surface area contributed by atoms with E-state index in [-0.39, 0.29) is 0 Å². The fourth-order valence-corrected chi connectivity index (χ4v) is 4.49. The van der Waals surface area contributed by atoms with Gasteiger partial charge in [0.2, 0.25) is 0 Å². The van der Waals surface area contributed by atoms with E-state index in [9.17, 15) is 0 Å². The maximum atomic E-state index is 6.59. The molecular formula is C25H25Cl3N2O. The smallest absolute Gasteiger partial charge is 0.124 e. The van der Waals surface area contributed by atoms with Crippen molar-refractivity contribution in [2.45, 2.75) is 32.4 Å². The van der Waals surface area contributed by atoms with Gasteiger partial charge in [0, 0.05) is 46.5 Å². The first kappa shape index (κ1) is 22.1. The van der Waals surface area contributed by atoms with Gasteiger partial charge in [-0.25, -0.2) is 0 Å². The Hall–Kier alpha value is -2.07. The zero-order chi connectivity index (χ0) is 21.6. The molecule has 1 N–H and O–H groups in total. The van der Waals surface area contributed by atoms with Gasteiger partial charge in [-0.1, -0.05) is 53.0 Å². The van der Waals surface area contributed by atoms with Crippen molar-refractivity contribution < 1.29 is 4.74 Å². The van der Waals surface area contributed by atoms with Gasteiger partial charge in [0.25, 0.3) is 0 Å². The zero-order valence-corrected chi connectivity index (χ0v) is 19.5. The Kier molecular flexibility index (Phi) is 7.49. The number of rotatable bonds is 7. The number of ether oxygens (including phenoxy) is 1. The third-order valence-corrected chi connectivity index (χ3v) is 6.40. The predicted octanol–water partition coefficient (Wildman–Crippen LogP) is 7.83. The molecule has 1 saturated heterocycles. The Balaban J connectivity index is 1.43. The summed E-state index contributed by atoms with van der Waals surface area (Å²) in [6, 6.07) is 19.5. The van der Waals surface area contributed by atoms with Crippen molar-refractivity contribution in [3.05, 3.63) is 86.9 Å². The summed E-state index contributed by atoms with van der Waals surface area (Å²) in [7, 11) is 0. The molecule has 1 heterocycles. The Bertz CT molecular complexity index is 1040. The number of nitrogens with zero attached hydrogens (tertiary/aromatic N) is 1. The lowest BCUT2D eigenvalue weighted by molar-refractivity contribution is 0.303. The van der Waals surface area contributed by atoms with Crippen LogP contribution in [0.2, 0.25) is 15.1 Å². The number of anilines is 2. The molecule has 0 saturated carbocycles. The number of nitrogens with one attached hydrogen (secondary N) is 1. The molecule has 1 aliphatic heterocycles. The van der Waals surface area contributed by atoms with Crippen molar-refractivity contribution in [2.24, 2.45) is 0 Å². The van der Waals surface area contributed by atoms with E-state index in [2.05, 4.69) is 22.3 Å². The Morgan fingerprint density at radius 2 is 1.61 bits per heavy atom. The largest absolute Gasteiger partial charge is 0.488 e. The number of halogens is 3. The van der Waals surface area contributed by atoms with Crippen molar-refractivity contribution in [1.29, 1.82) is 0 Å². The number of hydrogen-bond donors (Lipinski definition) is 1. The maximum absolute atomic E-state index is 6.59. The standard InChI is InChI=1S/C25H25Cl3N2O/c26-20-8-11-25(31-17-18-6-2-3-7-22(18)27)19(14-20)16-29-21-9-10-24(23(28)15-21)30-12-4-1-5-13-30/h2-3,6-11,14-15,29H,1,4-5,12-13,16-17H2. The van der Waals surface area contributed by atoms with Gasteiger partial charge in [0.15, 0.2) is 0 Å². The van der Waals surface area contributed by atoms with Crippen LogP contribution >= 0.6 is 34.8 Å². The lowest BCUT2D eigenvalue weighted by Crippen LogP contribution is -2.29. The summed E-state index contributed by atoms with van der Waals surface area (Å²) in [6.07, 6.45) is 3.75. The molecule has 4 rings (SSSR count). The second-order valence-corrected chi connectivity index (χ2v) is 8.95. The number of hydrogen-bond acceptors (Lipinski definition) is 3. The Morgan fingerprint density at radius 1 is 0.806 bits per heavy atom. The van der Waals surface area contributed by atoms with Gasteiger partial charge in [-0.2, -0.15) is 0 Å². The van der Waals surface area contributed by atoms with Crippen LogP contribution in [-0.4, -0.2) is 13.1 Å². The average Bonchev–Trinajstić information content (AvgIpc) is 2.78. The summed E-state index contributed by atoms with van der Waals surface area (Å²) in [5.74, 6) is 0.771. The normalized spacial score (nSPS) is 13.8. The molecule has 31 heavy (non-hydrogen) atoms. The first-order chi connectivity index (χ1) is 15.1. The molecule has 1 fully saturated rings. The van der Waals surface area contributed by atoms with Crippen LogP contribution in [0, 0.1) is 0 Å². The highest BCUT2D eigenvalue weighted by Crippen LogP contribution is 2.32. The molecule has 3 aromatic carbocycles. The van der Waals surface area contributed by atoms with Gasteiger partial charge >= 0.3 is 0 Å². The molecule has 162 valence electrons. The van der Waals surface area contributed by atoms with Crippen LogP contribution in [0.3, 0.4) is 0 Å². The Labute approximate surface area is 198 Å². The summed E-state index contributed by atoms with van der Waals surface area (Å²) < 4.78 is 6.05. The zero-order valence-electron chi connectivity index (χ0n) is 17.2. The summed E-state index contributed by atoms with van der Waals surface area (Å²) in [5.41, 5.74) is 3.98. The SMILES string of the molecule is Clc1ccc(OCc2ccccc2Cl)c(CNc2ccc(N3CCCCC3)c(Cl)c2)c1. The second kappa shape index (κ2) is 10.5. The average molecular weight is 476 g/mol. The third-order valence-electron chi connectivity index (χ3n) is 5.49. The van der Waals surface area contributed by atoms with Gasteiger partial charge in [-0.05, 0) is 61.7 Å². The molecule has 0 amide bonds. The van der Waals surface area contributed by atoms with E-state index in [1.165, 1.54) is 19.3 Å². The lowest BCUT2D eigenvalue weighted by Gasteiger charge is -2.29. The van der Waals surface area contributed by atoms with Gasteiger partial charge < -0.3 is 15.0 Å². The minimum Gasteiger partial charge on any atom is -0.488 e. The molecule has 0 atom stereocenters. The van der Waals surface area contributed by atoms with Crippen LogP contribution in [0.25, 0.3) is 0 Å². The van der Waals surface area contributed by atoms with Gasteiger partial charge in [0.05, 0.1) is 10.7 Å². The quantitative estimate of drug-likeness (QED) is 0.377. The fraction of sp³-hybridized carbons (Fsp3) is 0.280. The van der Waals surface area contributed by atoms with Crippen LogP contribution in [0.5, 0.6) is 5.75 Å². The van der Waals surface area contributed by atoms with E-state index in [0.29, 0.717) is 23.2 Å². The lowest BCUT2D eigenvalue weighted by atomic mass is 10.1. The van der Waals surface area contributed by atoms with Crippen molar-refractivity contribution in [1.82, 2.24) is 0 Å². The predicted molar refractivity (Wildman–Crippen MR) is 132 cm³/mol. The molecule has 6 heteroatoms. The van der Waals surface area contributed by atoms with Crippen molar-refractivity contribution in [3.8, 4) is 5.75 Å². The van der Waals surface area contributed by atoms with Gasteiger partial charge in [0.1, 0.15) is 12.4 Å². The summed E-state index contributed by atoms with van der Waals surface area (Å²) in [4.78, 5) is 2.37. The maximum Gasteiger partial charge on any atom is 0.124 e. The van der Waals surface area contributed by atoms with E-state index in [4.69, 9.17) is 39.5 Å². The summed E-state index contributed by atoms with van der Waals surface area (Å²) in [6.45, 7) is 3.10. The molecule has 0 bridgehead atoms. The van der Waals surface area contributed by atoms with Gasteiger partial charge in [-0.15, -0.1) is 0 Å². The first-order valence-corrected chi connectivity index (χ1v) is 11.7. The monoisotopic (exact) mass is 474 g/mol. The molecule has 3 nitrogen and oxygen atoms in total. The summed E-state index contributed by atoms with van der Waals surface area (Å²) in [5, 5.41) is 5.57. The van der Waals surface area contributed by atoms with Crippen LogP contribution in [0.4, 0.5) is 11.4 Å².